The molecule has 0 saturated carbocycles. The lowest BCUT2D eigenvalue weighted by Gasteiger charge is -2.08. The number of benzene rings is 2. The number of rotatable bonds is 3. The summed E-state index contributed by atoms with van der Waals surface area (Å²) >= 11 is 0. The molecule has 0 fully saturated rings. The zero-order valence-electron chi connectivity index (χ0n) is 10.8. The zero-order valence-corrected chi connectivity index (χ0v) is 10.8. The molecule has 0 radical (unpaired) electrons. The summed E-state index contributed by atoms with van der Waals surface area (Å²) in [6.45, 7) is 1.65. The van der Waals surface area contributed by atoms with Crippen LogP contribution in [0.1, 0.15) is 26.3 Å². The number of aromatic hydroxyl groups is 1. The Labute approximate surface area is 115 Å². The molecule has 2 aromatic carbocycles. The van der Waals surface area contributed by atoms with Gasteiger partial charge in [-0.05, 0) is 42.8 Å². The molecule has 0 aliphatic carbocycles. The van der Waals surface area contributed by atoms with Crippen LogP contribution in [-0.4, -0.2) is 22.1 Å². The minimum Gasteiger partial charge on any atom is -0.507 e. The summed E-state index contributed by atoms with van der Waals surface area (Å²) in [7, 11) is 0. The van der Waals surface area contributed by atoms with Crippen molar-refractivity contribution in [3.63, 3.8) is 0 Å². The van der Waals surface area contributed by atoms with Crippen LogP contribution in [0.25, 0.3) is 0 Å². The van der Waals surface area contributed by atoms with E-state index < -0.39 is 11.9 Å². The van der Waals surface area contributed by atoms with Gasteiger partial charge in [-0.1, -0.05) is 12.1 Å². The van der Waals surface area contributed by atoms with Crippen molar-refractivity contribution in [2.45, 2.75) is 6.92 Å². The van der Waals surface area contributed by atoms with Crippen LogP contribution in [0.3, 0.4) is 0 Å². The number of carbonyl (C=O) groups excluding carboxylic acids is 1. The number of nitrogens with one attached hydrogen (secondary N) is 1. The first kappa shape index (κ1) is 13.6. The van der Waals surface area contributed by atoms with Crippen molar-refractivity contribution >= 4 is 17.6 Å². The largest absolute Gasteiger partial charge is 0.507 e. The molecule has 102 valence electrons. The first-order valence-corrected chi connectivity index (χ1v) is 5.92. The number of hydrogen-bond donors (Lipinski definition) is 3. The van der Waals surface area contributed by atoms with Gasteiger partial charge in [-0.3, -0.25) is 4.79 Å². The van der Waals surface area contributed by atoms with E-state index in [-0.39, 0.29) is 16.9 Å². The molecule has 0 spiro atoms. The van der Waals surface area contributed by atoms with Crippen LogP contribution < -0.4 is 5.32 Å². The van der Waals surface area contributed by atoms with Crippen molar-refractivity contribution < 1.29 is 19.8 Å². The van der Waals surface area contributed by atoms with Crippen LogP contribution in [-0.2, 0) is 0 Å². The molecule has 2 rings (SSSR count). The second-order valence-electron chi connectivity index (χ2n) is 4.31. The Hall–Kier alpha value is -2.82. The molecule has 0 aliphatic heterocycles. The van der Waals surface area contributed by atoms with Gasteiger partial charge < -0.3 is 15.5 Å². The van der Waals surface area contributed by atoms with E-state index in [2.05, 4.69) is 5.32 Å². The van der Waals surface area contributed by atoms with E-state index in [4.69, 9.17) is 5.11 Å². The van der Waals surface area contributed by atoms with Gasteiger partial charge in [0.15, 0.2) is 0 Å². The minimum absolute atomic E-state index is 0.108. The van der Waals surface area contributed by atoms with Gasteiger partial charge >= 0.3 is 5.97 Å². The zero-order chi connectivity index (χ0) is 14.7. The first-order valence-electron chi connectivity index (χ1n) is 5.92. The number of hydrogen-bond acceptors (Lipinski definition) is 3. The van der Waals surface area contributed by atoms with Gasteiger partial charge in [-0.15, -0.1) is 0 Å². The molecule has 0 heterocycles. The molecular formula is C15H13NO4. The third-order valence-corrected chi connectivity index (χ3v) is 2.86. The predicted molar refractivity (Wildman–Crippen MR) is 74.2 cm³/mol. The van der Waals surface area contributed by atoms with E-state index in [1.807, 2.05) is 0 Å². The summed E-state index contributed by atoms with van der Waals surface area (Å²) in [5.41, 5.74) is 1.37. The Morgan fingerprint density at radius 1 is 1.05 bits per heavy atom. The van der Waals surface area contributed by atoms with Gasteiger partial charge in [0.1, 0.15) is 5.75 Å². The average Bonchev–Trinajstić information content (AvgIpc) is 2.38. The summed E-state index contributed by atoms with van der Waals surface area (Å²) < 4.78 is 0. The quantitative estimate of drug-likeness (QED) is 0.801. The van der Waals surface area contributed by atoms with E-state index in [1.54, 1.807) is 25.1 Å². The Kier molecular flexibility index (Phi) is 3.70. The second kappa shape index (κ2) is 5.44. The summed E-state index contributed by atoms with van der Waals surface area (Å²) in [5, 5.41) is 21.1. The van der Waals surface area contributed by atoms with Crippen molar-refractivity contribution in [2.24, 2.45) is 0 Å². The van der Waals surface area contributed by atoms with Gasteiger partial charge in [0.25, 0.3) is 5.91 Å². The number of carbonyl (C=O) groups is 2. The Morgan fingerprint density at radius 3 is 2.35 bits per heavy atom. The fourth-order valence-electron chi connectivity index (χ4n) is 1.85. The SMILES string of the molecule is Cc1cc(NC(=O)c2ccccc2O)ccc1C(=O)O. The van der Waals surface area contributed by atoms with Crippen LogP contribution in [0.4, 0.5) is 5.69 Å². The smallest absolute Gasteiger partial charge is 0.335 e. The highest BCUT2D eigenvalue weighted by atomic mass is 16.4. The third-order valence-electron chi connectivity index (χ3n) is 2.86. The molecule has 5 nitrogen and oxygen atoms in total. The topological polar surface area (TPSA) is 86.6 Å². The van der Waals surface area contributed by atoms with Gasteiger partial charge in [0.2, 0.25) is 0 Å². The molecule has 0 aliphatic rings. The van der Waals surface area contributed by atoms with Gasteiger partial charge in [-0.2, -0.15) is 0 Å². The van der Waals surface area contributed by atoms with Crippen LogP contribution in [0.2, 0.25) is 0 Å². The molecule has 0 saturated heterocycles. The van der Waals surface area contributed by atoms with Gasteiger partial charge in [-0.25, -0.2) is 4.79 Å². The maximum absolute atomic E-state index is 12.0. The second-order valence-corrected chi connectivity index (χ2v) is 4.31. The van der Waals surface area contributed by atoms with E-state index >= 15 is 0 Å². The maximum Gasteiger partial charge on any atom is 0.335 e. The van der Waals surface area contributed by atoms with E-state index in [0.29, 0.717) is 11.3 Å². The molecular weight excluding hydrogens is 258 g/mol. The monoisotopic (exact) mass is 271 g/mol. The molecule has 0 bridgehead atoms. The molecule has 0 atom stereocenters. The van der Waals surface area contributed by atoms with Crippen LogP contribution in [0, 0.1) is 6.92 Å². The van der Waals surface area contributed by atoms with Crippen molar-refractivity contribution in [1.29, 1.82) is 0 Å². The van der Waals surface area contributed by atoms with Crippen LogP contribution >= 0.6 is 0 Å². The molecule has 3 N–H and O–H groups in total. The number of phenols is 1. The lowest BCUT2D eigenvalue weighted by molar-refractivity contribution is 0.0696. The molecule has 5 heteroatoms. The van der Waals surface area contributed by atoms with E-state index in [1.165, 1.54) is 24.3 Å². The molecule has 0 aromatic heterocycles. The third kappa shape index (κ3) is 2.77. The number of anilines is 1. The van der Waals surface area contributed by atoms with Crippen molar-refractivity contribution in [3.8, 4) is 5.75 Å². The number of phenolic OH excluding ortho intramolecular Hbond substituents is 1. The van der Waals surface area contributed by atoms with Crippen LogP contribution in [0.15, 0.2) is 42.5 Å². The van der Waals surface area contributed by atoms with E-state index in [9.17, 15) is 14.7 Å². The number of aryl methyl sites for hydroxylation is 1. The average molecular weight is 271 g/mol. The predicted octanol–water partition coefficient (Wildman–Crippen LogP) is 2.65. The van der Waals surface area contributed by atoms with Crippen molar-refractivity contribution in [2.75, 3.05) is 5.32 Å². The fraction of sp³-hybridized carbons (Fsp3) is 0.0667. The Morgan fingerprint density at radius 2 is 1.75 bits per heavy atom. The van der Waals surface area contributed by atoms with Crippen molar-refractivity contribution in [3.05, 3.63) is 59.2 Å². The summed E-state index contributed by atoms with van der Waals surface area (Å²) in [6, 6.07) is 10.7. The number of carboxylic acid groups (broad SMARTS) is 1. The highest BCUT2D eigenvalue weighted by Crippen LogP contribution is 2.19. The molecule has 20 heavy (non-hydrogen) atoms. The minimum atomic E-state index is -1.01. The standard InChI is InChI=1S/C15H13NO4/c1-9-8-10(6-7-11(9)15(19)20)16-14(18)12-4-2-3-5-13(12)17/h2-8,17H,1H3,(H,16,18)(H,19,20). The maximum atomic E-state index is 12.0. The Bertz CT molecular complexity index is 679. The van der Waals surface area contributed by atoms with Gasteiger partial charge in [0, 0.05) is 5.69 Å². The highest BCUT2D eigenvalue weighted by Gasteiger charge is 2.12. The lowest BCUT2D eigenvalue weighted by atomic mass is 10.1. The summed E-state index contributed by atoms with van der Waals surface area (Å²) in [6.07, 6.45) is 0. The number of amides is 1. The highest BCUT2D eigenvalue weighted by molar-refractivity contribution is 6.06. The number of para-hydroxylation sites is 1. The molecule has 1 amide bonds. The number of aromatic carboxylic acids is 1. The normalized spacial score (nSPS) is 10.1. The Balaban J connectivity index is 2.23. The fourth-order valence-corrected chi connectivity index (χ4v) is 1.85. The molecule has 2 aromatic rings. The van der Waals surface area contributed by atoms with Crippen molar-refractivity contribution in [1.82, 2.24) is 0 Å². The van der Waals surface area contributed by atoms with Gasteiger partial charge in [0.05, 0.1) is 11.1 Å². The van der Waals surface area contributed by atoms with Crippen LogP contribution in [0.5, 0.6) is 5.75 Å². The summed E-state index contributed by atoms with van der Waals surface area (Å²) in [4.78, 5) is 22.9. The molecule has 0 unspecified atom stereocenters. The summed E-state index contributed by atoms with van der Waals surface area (Å²) in [5.74, 6) is -1.57. The number of carboxylic acids is 1. The first-order chi connectivity index (χ1) is 9.49. The lowest BCUT2D eigenvalue weighted by Crippen LogP contribution is -2.12. The van der Waals surface area contributed by atoms with E-state index in [0.717, 1.165) is 0 Å².